The molecule has 0 aliphatic carbocycles. The number of hydrogen-bond donors (Lipinski definition) is 1. The fourth-order valence-corrected chi connectivity index (χ4v) is 2.27. The van der Waals surface area contributed by atoms with Crippen LogP contribution in [0, 0.1) is 0 Å². The third-order valence-electron chi connectivity index (χ3n) is 3.36. The van der Waals surface area contributed by atoms with E-state index in [1.165, 1.54) is 0 Å². The molecule has 0 unspecified atom stereocenters. The average Bonchev–Trinajstić information content (AvgIpc) is 2.54. The third-order valence-corrected chi connectivity index (χ3v) is 3.36. The topological polar surface area (TPSA) is 47.6 Å². The number of carbonyl (C=O) groups is 1. The second-order valence-corrected chi connectivity index (χ2v) is 5.02. The van der Waals surface area contributed by atoms with Crippen LogP contribution in [0.15, 0.2) is 48.5 Å². The summed E-state index contributed by atoms with van der Waals surface area (Å²) in [6.45, 7) is 1.51. The van der Waals surface area contributed by atoms with E-state index in [1.54, 1.807) is 20.3 Å². The molecular weight excluding hydrogens is 278 g/mol. The van der Waals surface area contributed by atoms with E-state index >= 15 is 0 Å². The van der Waals surface area contributed by atoms with E-state index in [0.29, 0.717) is 25.3 Å². The molecule has 0 radical (unpaired) electrons. The first kappa shape index (κ1) is 16.2. The van der Waals surface area contributed by atoms with Crippen LogP contribution in [0.4, 0.5) is 0 Å². The van der Waals surface area contributed by atoms with E-state index in [0.717, 1.165) is 16.7 Å². The monoisotopic (exact) mass is 299 g/mol. The van der Waals surface area contributed by atoms with E-state index < -0.39 is 0 Å². The summed E-state index contributed by atoms with van der Waals surface area (Å²) in [5, 5.41) is 2.95. The van der Waals surface area contributed by atoms with Crippen LogP contribution in [0.2, 0.25) is 0 Å². The summed E-state index contributed by atoms with van der Waals surface area (Å²) in [6.07, 6.45) is 0. The van der Waals surface area contributed by atoms with Gasteiger partial charge in [-0.25, -0.2) is 0 Å². The lowest BCUT2D eigenvalue weighted by Crippen LogP contribution is -2.23. The molecule has 4 nitrogen and oxygen atoms in total. The van der Waals surface area contributed by atoms with E-state index in [4.69, 9.17) is 9.47 Å². The van der Waals surface area contributed by atoms with E-state index in [9.17, 15) is 4.79 Å². The van der Waals surface area contributed by atoms with Crippen molar-refractivity contribution in [3.63, 3.8) is 0 Å². The first-order chi connectivity index (χ1) is 10.7. The van der Waals surface area contributed by atoms with E-state index in [2.05, 4.69) is 5.32 Å². The maximum Gasteiger partial charge on any atom is 0.251 e. The van der Waals surface area contributed by atoms with Crippen molar-refractivity contribution in [2.45, 2.75) is 19.8 Å². The Kier molecular flexibility index (Phi) is 6.13. The molecule has 0 spiro atoms. The lowest BCUT2D eigenvalue weighted by Gasteiger charge is -2.10. The standard InChI is InChI=1S/C18H21NO3/c1-21-12-14-6-5-9-15(10-14)18(20)19-11-16-7-3-4-8-17(16)13-22-2/h3-10H,11-13H2,1-2H3,(H,19,20). The number of benzene rings is 2. The number of methoxy groups -OCH3 is 2. The van der Waals surface area contributed by atoms with Crippen LogP contribution < -0.4 is 5.32 Å². The highest BCUT2D eigenvalue weighted by Gasteiger charge is 2.08. The molecule has 0 aliphatic heterocycles. The minimum Gasteiger partial charge on any atom is -0.380 e. The highest BCUT2D eigenvalue weighted by molar-refractivity contribution is 5.94. The molecule has 0 bridgehead atoms. The SMILES string of the molecule is COCc1cccc(C(=O)NCc2ccccc2COC)c1. The summed E-state index contributed by atoms with van der Waals surface area (Å²) in [6, 6.07) is 15.4. The minimum absolute atomic E-state index is 0.0924. The molecule has 4 heteroatoms. The first-order valence-electron chi connectivity index (χ1n) is 7.16. The van der Waals surface area contributed by atoms with E-state index in [-0.39, 0.29) is 5.91 Å². The van der Waals surface area contributed by atoms with Gasteiger partial charge in [0.25, 0.3) is 5.91 Å². The Hall–Kier alpha value is -2.17. The Bertz CT molecular complexity index is 625. The predicted octanol–water partition coefficient (Wildman–Crippen LogP) is 2.91. The Balaban J connectivity index is 2.02. The second-order valence-electron chi connectivity index (χ2n) is 5.02. The van der Waals surface area contributed by atoms with Crippen LogP contribution in [0.1, 0.15) is 27.0 Å². The van der Waals surface area contributed by atoms with Crippen molar-refractivity contribution >= 4 is 5.91 Å². The molecule has 22 heavy (non-hydrogen) atoms. The quantitative estimate of drug-likeness (QED) is 0.855. The fraction of sp³-hybridized carbons (Fsp3) is 0.278. The zero-order valence-electron chi connectivity index (χ0n) is 13.0. The zero-order chi connectivity index (χ0) is 15.8. The molecule has 0 saturated carbocycles. The number of amides is 1. The maximum atomic E-state index is 12.3. The molecular formula is C18H21NO3. The summed E-state index contributed by atoms with van der Waals surface area (Å²) < 4.78 is 10.3. The van der Waals surface area contributed by atoms with Gasteiger partial charge in [-0.2, -0.15) is 0 Å². The minimum atomic E-state index is -0.0924. The largest absolute Gasteiger partial charge is 0.380 e. The van der Waals surface area contributed by atoms with Crippen molar-refractivity contribution in [3.8, 4) is 0 Å². The van der Waals surface area contributed by atoms with Gasteiger partial charge < -0.3 is 14.8 Å². The van der Waals surface area contributed by atoms with Gasteiger partial charge in [-0.1, -0.05) is 36.4 Å². The maximum absolute atomic E-state index is 12.3. The van der Waals surface area contributed by atoms with Gasteiger partial charge in [-0.3, -0.25) is 4.79 Å². The van der Waals surface area contributed by atoms with Crippen LogP contribution in [-0.4, -0.2) is 20.1 Å². The molecule has 0 heterocycles. The van der Waals surface area contributed by atoms with E-state index in [1.807, 2.05) is 42.5 Å². The molecule has 1 amide bonds. The van der Waals surface area contributed by atoms with Crippen LogP contribution >= 0.6 is 0 Å². The number of ether oxygens (including phenoxy) is 2. The fourth-order valence-electron chi connectivity index (χ4n) is 2.27. The van der Waals surface area contributed by atoms with Crippen molar-refractivity contribution in [1.29, 1.82) is 0 Å². The van der Waals surface area contributed by atoms with Crippen molar-refractivity contribution in [2.24, 2.45) is 0 Å². The second kappa shape index (κ2) is 8.32. The normalized spacial score (nSPS) is 10.5. The summed E-state index contributed by atoms with van der Waals surface area (Å²) in [7, 11) is 3.30. The molecule has 0 aromatic heterocycles. The number of hydrogen-bond acceptors (Lipinski definition) is 3. The van der Waals surface area contributed by atoms with Gasteiger partial charge in [0.2, 0.25) is 0 Å². The highest BCUT2D eigenvalue weighted by Crippen LogP contribution is 2.11. The van der Waals surface area contributed by atoms with Gasteiger partial charge in [0, 0.05) is 26.3 Å². The Morgan fingerprint density at radius 2 is 1.68 bits per heavy atom. The van der Waals surface area contributed by atoms with Crippen molar-refractivity contribution in [2.75, 3.05) is 14.2 Å². The Morgan fingerprint density at radius 1 is 0.955 bits per heavy atom. The molecule has 2 aromatic carbocycles. The smallest absolute Gasteiger partial charge is 0.251 e. The molecule has 0 fully saturated rings. The summed E-state index contributed by atoms with van der Waals surface area (Å²) in [5.74, 6) is -0.0924. The molecule has 0 atom stereocenters. The molecule has 2 aromatic rings. The van der Waals surface area contributed by atoms with Crippen molar-refractivity contribution in [1.82, 2.24) is 5.32 Å². The van der Waals surface area contributed by atoms with Gasteiger partial charge in [-0.15, -0.1) is 0 Å². The number of carbonyl (C=O) groups excluding carboxylic acids is 1. The van der Waals surface area contributed by atoms with Crippen LogP contribution in [0.5, 0.6) is 0 Å². The van der Waals surface area contributed by atoms with Crippen LogP contribution in [0.25, 0.3) is 0 Å². The predicted molar refractivity (Wildman–Crippen MR) is 85.5 cm³/mol. The van der Waals surface area contributed by atoms with Gasteiger partial charge in [0.15, 0.2) is 0 Å². The molecule has 0 aliphatic rings. The number of rotatable bonds is 7. The lowest BCUT2D eigenvalue weighted by molar-refractivity contribution is 0.0950. The van der Waals surface area contributed by atoms with Crippen LogP contribution in [0.3, 0.4) is 0 Å². The molecule has 1 N–H and O–H groups in total. The Morgan fingerprint density at radius 3 is 2.41 bits per heavy atom. The summed E-state index contributed by atoms with van der Waals surface area (Å²) in [4.78, 5) is 12.3. The number of nitrogens with one attached hydrogen (secondary N) is 1. The lowest BCUT2D eigenvalue weighted by atomic mass is 10.1. The highest BCUT2D eigenvalue weighted by atomic mass is 16.5. The van der Waals surface area contributed by atoms with Gasteiger partial charge in [0.05, 0.1) is 13.2 Å². The molecule has 0 saturated heterocycles. The van der Waals surface area contributed by atoms with Crippen molar-refractivity contribution in [3.05, 3.63) is 70.8 Å². The van der Waals surface area contributed by atoms with Crippen molar-refractivity contribution < 1.29 is 14.3 Å². The first-order valence-corrected chi connectivity index (χ1v) is 7.16. The molecule has 116 valence electrons. The van der Waals surface area contributed by atoms with Gasteiger partial charge >= 0.3 is 0 Å². The third kappa shape index (κ3) is 4.41. The zero-order valence-corrected chi connectivity index (χ0v) is 13.0. The summed E-state index contributed by atoms with van der Waals surface area (Å²) >= 11 is 0. The van der Waals surface area contributed by atoms with Gasteiger partial charge in [-0.05, 0) is 28.8 Å². The Labute approximate surface area is 131 Å². The summed E-state index contributed by atoms with van der Waals surface area (Å²) in [5.41, 5.74) is 3.76. The van der Waals surface area contributed by atoms with Crippen LogP contribution in [-0.2, 0) is 29.2 Å². The molecule has 2 rings (SSSR count). The van der Waals surface area contributed by atoms with Gasteiger partial charge in [0.1, 0.15) is 0 Å². The average molecular weight is 299 g/mol.